The van der Waals surface area contributed by atoms with E-state index in [-0.39, 0.29) is 15.5 Å². The van der Waals surface area contributed by atoms with Gasteiger partial charge in [-0.3, -0.25) is 0 Å². The molecule has 0 aromatic heterocycles. The highest BCUT2D eigenvalue weighted by Gasteiger charge is 2.21. The lowest BCUT2D eigenvalue weighted by molar-refractivity contribution is 0.459. The van der Waals surface area contributed by atoms with Crippen LogP contribution in [0.15, 0.2) is 52.3 Å². The Balaban J connectivity index is 2.56. The standard InChI is InChI=1S/C16H18O3S/c1-3-6-13-11-14(10-9-12(13)2)20(18,19)16-8-5-4-7-15(16)17/h4-5,7-11,17H,3,6H2,1-2H3. The first kappa shape index (κ1) is 14.6. The number of phenols is 1. The minimum Gasteiger partial charge on any atom is -0.507 e. The minimum atomic E-state index is -3.68. The van der Waals surface area contributed by atoms with E-state index in [0.717, 1.165) is 24.0 Å². The van der Waals surface area contributed by atoms with E-state index in [4.69, 9.17) is 0 Å². The van der Waals surface area contributed by atoms with Crippen LogP contribution in [0.25, 0.3) is 0 Å². The Bertz CT molecular complexity index is 718. The van der Waals surface area contributed by atoms with Gasteiger partial charge in [-0.25, -0.2) is 8.42 Å². The Morgan fingerprint density at radius 3 is 2.45 bits per heavy atom. The molecule has 0 saturated carbocycles. The zero-order valence-corrected chi connectivity index (χ0v) is 12.4. The summed E-state index contributed by atoms with van der Waals surface area (Å²) in [6.07, 6.45) is 1.80. The molecule has 0 radical (unpaired) electrons. The molecule has 0 spiro atoms. The Hall–Kier alpha value is -1.81. The van der Waals surface area contributed by atoms with Gasteiger partial charge in [-0.15, -0.1) is 0 Å². The zero-order chi connectivity index (χ0) is 14.8. The topological polar surface area (TPSA) is 54.4 Å². The number of rotatable bonds is 4. The number of aryl methyl sites for hydroxylation is 2. The third-order valence-corrected chi connectivity index (χ3v) is 5.10. The highest BCUT2D eigenvalue weighted by molar-refractivity contribution is 7.91. The Morgan fingerprint density at radius 2 is 1.80 bits per heavy atom. The molecule has 2 aromatic rings. The van der Waals surface area contributed by atoms with Gasteiger partial charge in [0.2, 0.25) is 9.84 Å². The number of hydrogen-bond donors (Lipinski definition) is 1. The van der Waals surface area contributed by atoms with E-state index in [2.05, 4.69) is 6.92 Å². The molecular formula is C16H18O3S. The first-order valence-electron chi connectivity index (χ1n) is 6.59. The molecule has 0 aliphatic heterocycles. The van der Waals surface area contributed by atoms with Crippen molar-refractivity contribution in [3.63, 3.8) is 0 Å². The molecule has 0 unspecified atom stereocenters. The molecule has 0 bridgehead atoms. The first-order chi connectivity index (χ1) is 9.46. The van der Waals surface area contributed by atoms with Crippen LogP contribution in [0.5, 0.6) is 5.75 Å². The molecule has 0 aliphatic rings. The summed E-state index contributed by atoms with van der Waals surface area (Å²) in [6.45, 7) is 4.03. The largest absolute Gasteiger partial charge is 0.507 e. The van der Waals surface area contributed by atoms with Crippen molar-refractivity contribution in [1.29, 1.82) is 0 Å². The van der Waals surface area contributed by atoms with Gasteiger partial charge in [0, 0.05) is 0 Å². The molecule has 0 saturated heterocycles. The Morgan fingerprint density at radius 1 is 1.10 bits per heavy atom. The minimum absolute atomic E-state index is 0.0497. The van der Waals surface area contributed by atoms with Crippen molar-refractivity contribution in [1.82, 2.24) is 0 Å². The van der Waals surface area contributed by atoms with E-state index in [1.54, 1.807) is 24.3 Å². The summed E-state index contributed by atoms with van der Waals surface area (Å²) < 4.78 is 25.1. The summed E-state index contributed by atoms with van der Waals surface area (Å²) in [5, 5.41) is 9.76. The Labute approximate surface area is 119 Å². The van der Waals surface area contributed by atoms with E-state index in [1.165, 1.54) is 12.1 Å². The van der Waals surface area contributed by atoms with Crippen molar-refractivity contribution in [3.05, 3.63) is 53.6 Å². The van der Waals surface area contributed by atoms with E-state index in [9.17, 15) is 13.5 Å². The molecule has 0 aliphatic carbocycles. The van der Waals surface area contributed by atoms with Gasteiger partial charge in [0.25, 0.3) is 0 Å². The summed E-state index contributed by atoms with van der Waals surface area (Å²) >= 11 is 0. The van der Waals surface area contributed by atoms with Crippen molar-refractivity contribution >= 4 is 9.84 Å². The average molecular weight is 290 g/mol. The van der Waals surface area contributed by atoms with Gasteiger partial charge in [0.15, 0.2) is 0 Å². The molecule has 0 fully saturated rings. The third-order valence-electron chi connectivity index (χ3n) is 3.31. The summed E-state index contributed by atoms with van der Waals surface area (Å²) in [7, 11) is -3.68. The summed E-state index contributed by atoms with van der Waals surface area (Å²) in [4.78, 5) is 0.180. The number of hydrogen-bond acceptors (Lipinski definition) is 3. The predicted molar refractivity (Wildman–Crippen MR) is 78.7 cm³/mol. The van der Waals surface area contributed by atoms with Gasteiger partial charge in [0.1, 0.15) is 10.6 Å². The summed E-state index contributed by atoms with van der Waals surface area (Å²) in [6, 6.07) is 11.1. The smallest absolute Gasteiger partial charge is 0.210 e. The maximum Gasteiger partial charge on any atom is 0.210 e. The van der Waals surface area contributed by atoms with Crippen molar-refractivity contribution in [2.75, 3.05) is 0 Å². The molecular weight excluding hydrogens is 272 g/mol. The van der Waals surface area contributed by atoms with Gasteiger partial charge in [-0.1, -0.05) is 31.5 Å². The van der Waals surface area contributed by atoms with Gasteiger partial charge in [-0.2, -0.15) is 0 Å². The monoisotopic (exact) mass is 290 g/mol. The van der Waals surface area contributed by atoms with Crippen LogP contribution in [0, 0.1) is 6.92 Å². The second kappa shape index (κ2) is 5.67. The second-order valence-corrected chi connectivity index (χ2v) is 6.73. The predicted octanol–water partition coefficient (Wildman–Crippen LogP) is 3.49. The number of benzene rings is 2. The van der Waals surface area contributed by atoms with Crippen LogP contribution in [-0.2, 0) is 16.3 Å². The number of para-hydroxylation sites is 1. The van der Waals surface area contributed by atoms with Gasteiger partial charge in [-0.05, 0) is 48.7 Å². The van der Waals surface area contributed by atoms with Crippen LogP contribution in [0.3, 0.4) is 0 Å². The highest BCUT2D eigenvalue weighted by atomic mass is 32.2. The highest BCUT2D eigenvalue weighted by Crippen LogP contribution is 2.29. The van der Waals surface area contributed by atoms with E-state index >= 15 is 0 Å². The van der Waals surface area contributed by atoms with Gasteiger partial charge >= 0.3 is 0 Å². The first-order valence-corrected chi connectivity index (χ1v) is 8.07. The van der Waals surface area contributed by atoms with Crippen LogP contribution in [0.4, 0.5) is 0 Å². The molecule has 1 N–H and O–H groups in total. The lowest BCUT2D eigenvalue weighted by Gasteiger charge is -2.10. The van der Waals surface area contributed by atoms with Crippen LogP contribution < -0.4 is 0 Å². The van der Waals surface area contributed by atoms with Crippen molar-refractivity contribution in [2.24, 2.45) is 0 Å². The maximum absolute atomic E-state index is 12.6. The molecule has 20 heavy (non-hydrogen) atoms. The quantitative estimate of drug-likeness (QED) is 0.937. The van der Waals surface area contributed by atoms with Crippen LogP contribution >= 0.6 is 0 Å². The van der Waals surface area contributed by atoms with Crippen LogP contribution in [-0.4, -0.2) is 13.5 Å². The number of aromatic hydroxyl groups is 1. The molecule has 0 heterocycles. The summed E-state index contributed by atoms with van der Waals surface area (Å²) in [5.41, 5.74) is 2.12. The van der Waals surface area contributed by atoms with Gasteiger partial charge < -0.3 is 5.11 Å². The number of sulfone groups is 1. The van der Waals surface area contributed by atoms with E-state index in [0.29, 0.717) is 0 Å². The lowest BCUT2D eigenvalue weighted by atomic mass is 10.0. The fourth-order valence-electron chi connectivity index (χ4n) is 2.17. The SMILES string of the molecule is CCCc1cc(S(=O)(=O)c2ccccc2O)ccc1C. The zero-order valence-electron chi connectivity index (χ0n) is 11.6. The van der Waals surface area contributed by atoms with Crippen molar-refractivity contribution < 1.29 is 13.5 Å². The Kier molecular flexibility index (Phi) is 4.14. The van der Waals surface area contributed by atoms with E-state index in [1.807, 2.05) is 13.0 Å². The molecule has 2 aromatic carbocycles. The molecule has 3 nitrogen and oxygen atoms in total. The summed E-state index contributed by atoms with van der Waals surface area (Å²) in [5.74, 6) is -0.217. The van der Waals surface area contributed by atoms with Crippen molar-refractivity contribution in [2.45, 2.75) is 36.5 Å². The number of phenolic OH excluding ortho intramolecular Hbond substituents is 1. The molecule has 106 valence electrons. The fourth-order valence-corrected chi connectivity index (χ4v) is 3.56. The van der Waals surface area contributed by atoms with Crippen molar-refractivity contribution in [3.8, 4) is 5.75 Å². The fraction of sp³-hybridized carbons (Fsp3) is 0.250. The molecule has 0 atom stereocenters. The molecule has 0 amide bonds. The maximum atomic E-state index is 12.6. The lowest BCUT2D eigenvalue weighted by Crippen LogP contribution is -2.04. The second-order valence-electron chi connectivity index (χ2n) is 4.81. The third kappa shape index (κ3) is 2.70. The van der Waals surface area contributed by atoms with Crippen LogP contribution in [0.1, 0.15) is 24.5 Å². The molecule has 2 rings (SSSR count). The van der Waals surface area contributed by atoms with Gasteiger partial charge in [0.05, 0.1) is 4.90 Å². The van der Waals surface area contributed by atoms with E-state index < -0.39 is 9.84 Å². The molecule has 4 heteroatoms. The normalized spacial score (nSPS) is 11.5. The van der Waals surface area contributed by atoms with Crippen LogP contribution in [0.2, 0.25) is 0 Å². The average Bonchev–Trinajstić information content (AvgIpc) is 2.41.